The quantitative estimate of drug-likeness (QED) is 0.919. The number of benzene rings is 1. The van der Waals surface area contributed by atoms with Gasteiger partial charge >= 0.3 is 0 Å². The Morgan fingerprint density at radius 1 is 1.33 bits per heavy atom. The summed E-state index contributed by atoms with van der Waals surface area (Å²) in [6, 6.07) is 6.81. The van der Waals surface area contributed by atoms with Gasteiger partial charge in [0.25, 0.3) is 0 Å². The lowest BCUT2D eigenvalue weighted by atomic mass is 10.0. The van der Waals surface area contributed by atoms with Crippen LogP contribution in [-0.4, -0.2) is 14.5 Å². The van der Waals surface area contributed by atoms with Gasteiger partial charge in [-0.1, -0.05) is 34.8 Å². The Balaban J connectivity index is 2.11. The van der Waals surface area contributed by atoms with Crippen LogP contribution in [0.15, 0.2) is 33.6 Å². The summed E-state index contributed by atoms with van der Waals surface area (Å²) in [6.45, 7) is 1.96. The van der Waals surface area contributed by atoms with E-state index in [0.717, 1.165) is 17.3 Å². The zero-order valence-corrected chi connectivity index (χ0v) is 12.8. The highest BCUT2D eigenvalue weighted by Gasteiger charge is 2.26. The lowest BCUT2D eigenvalue weighted by Crippen LogP contribution is -2.37. The third-order valence-electron chi connectivity index (χ3n) is 3.55. The molecule has 100 valence electrons. The molecule has 18 heavy (non-hydrogen) atoms. The molecule has 0 amide bonds. The van der Waals surface area contributed by atoms with E-state index in [9.17, 15) is 8.42 Å². The second-order valence-corrected chi connectivity index (χ2v) is 7.54. The molecule has 1 aliphatic carbocycles. The monoisotopic (exact) mass is 331 g/mol. The first kappa shape index (κ1) is 14.0. The Morgan fingerprint density at radius 2 is 2.00 bits per heavy atom. The van der Waals surface area contributed by atoms with E-state index in [2.05, 4.69) is 20.7 Å². The molecule has 0 radical (unpaired) electrons. The predicted octanol–water partition coefficient (Wildman–Crippen LogP) is 3.31. The molecule has 1 N–H and O–H groups in total. The maximum Gasteiger partial charge on any atom is 0.240 e. The van der Waals surface area contributed by atoms with Crippen molar-refractivity contribution in [1.82, 2.24) is 4.72 Å². The Hall–Kier alpha value is -0.390. The summed E-state index contributed by atoms with van der Waals surface area (Å²) >= 11 is 3.29. The van der Waals surface area contributed by atoms with Gasteiger partial charge in [-0.15, -0.1) is 0 Å². The molecular formula is C13H18BrNO2S. The second kappa shape index (κ2) is 5.72. The van der Waals surface area contributed by atoms with E-state index >= 15 is 0 Å². The zero-order chi connectivity index (χ0) is 13.2. The van der Waals surface area contributed by atoms with Gasteiger partial charge in [0.1, 0.15) is 0 Å². The van der Waals surface area contributed by atoms with Crippen molar-refractivity contribution < 1.29 is 8.42 Å². The molecule has 0 aliphatic heterocycles. The third kappa shape index (κ3) is 3.33. The van der Waals surface area contributed by atoms with Crippen molar-refractivity contribution in [3.05, 3.63) is 28.7 Å². The molecule has 1 aromatic rings. The molecule has 5 heteroatoms. The van der Waals surface area contributed by atoms with E-state index < -0.39 is 10.0 Å². The van der Waals surface area contributed by atoms with Crippen LogP contribution >= 0.6 is 15.9 Å². The molecule has 3 nitrogen and oxygen atoms in total. The van der Waals surface area contributed by atoms with E-state index in [0.29, 0.717) is 10.8 Å². The number of sulfonamides is 1. The largest absolute Gasteiger partial charge is 0.240 e. The van der Waals surface area contributed by atoms with Gasteiger partial charge in [-0.2, -0.15) is 0 Å². The van der Waals surface area contributed by atoms with Gasteiger partial charge < -0.3 is 0 Å². The fraction of sp³-hybridized carbons (Fsp3) is 0.538. The fourth-order valence-corrected chi connectivity index (χ4v) is 4.41. The number of rotatable bonds is 4. The number of hydrogen-bond donors (Lipinski definition) is 1. The van der Waals surface area contributed by atoms with Crippen molar-refractivity contribution in [2.75, 3.05) is 0 Å². The van der Waals surface area contributed by atoms with E-state index in [1.165, 1.54) is 12.8 Å². The van der Waals surface area contributed by atoms with Gasteiger partial charge in [-0.25, -0.2) is 13.1 Å². The molecule has 0 aromatic heterocycles. The van der Waals surface area contributed by atoms with Crippen molar-refractivity contribution in [3.8, 4) is 0 Å². The van der Waals surface area contributed by atoms with Gasteiger partial charge in [0.15, 0.2) is 0 Å². The first-order chi connectivity index (χ1) is 8.49. The van der Waals surface area contributed by atoms with Crippen LogP contribution in [-0.2, 0) is 10.0 Å². The van der Waals surface area contributed by atoms with Crippen LogP contribution in [0, 0.1) is 5.92 Å². The van der Waals surface area contributed by atoms with Gasteiger partial charge in [-0.3, -0.25) is 0 Å². The summed E-state index contributed by atoms with van der Waals surface area (Å²) in [7, 11) is -3.40. The topological polar surface area (TPSA) is 46.2 Å². The normalized spacial score (nSPS) is 19.0. The summed E-state index contributed by atoms with van der Waals surface area (Å²) in [5, 5.41) is 0. The van der Waals surface area contributed by atoms with Crippen LogP contribution in [0.2, 0.25) is 0 Å². The minimum absolute atomic E-state index is 0.0106. The lowest BCUT2D eigenvalue weighted by molar-refractivity contribution is 0.424. The molecule has 1 fully saturated rings. The molecule has 1 saturated carbocycles. The van der Waals surface area contributed by atoms with Crippen LogP contribution in [0.3, 0.4) is 0 Å². The average molecular weight is 332 g/mol. The van der Waals surface area contributed by atoms with Gasteiger partial charge in [0.2, 0.25) is 10.0 Å². The van der Waals surface area contributed by atoms with Crippen molar-refractivity contribution >= 4 is 26.0 Å². The van der Waals surface area contributed by atoms with Crippen LogP contribution in [0.5, 0.6) is 0 Å². The standard InChI is InChI=1S/C13H18BrNO2S/c1-10(11-5-2-3-6-11)15-18(16,17)13-8-4-7-12(14)9-13/h4,7-11,15H,2-3,5-6H2,1H3. The molecule has 0 spiro atoms. The summed E-state index contributed by atoms with van der Waals surface area (Å²) < 4.78 is 28.0. The average Bonchev–Trinajstić information content (AvgIpc) is 2.82. The van der Waals surface area contributed by atoms with Crippen molar-refractivity contribution in [3.63, 3.8) is 0 Å². The van der Waals surface area contributed by atoms with E-state index in [4.69, 9.17) is 0 Å². The van der Waals surface area contributed by atoms with Crippen molar-refractivity contribution in [2.45, 2.75) is 43.5 Å². The highest BCUT2D eigenvalue weighted by molar-refractivity contribution is 9.10. The number of halogens is 1. The van der Waals surface area contributed by atoms with Gasteiger partial charge in [-0.05, 0) is 43.9 Å². The molecule has 1 aromatic carbocycles. The SMILES string of the molecule is CC(NS(=O)(=O)c1cccc(Br)c1)C1CCCC1. The molecule has 2 rings (SSSR count). The molecule has 1 unspecified atom stereocenters. The first-order valence-corrected chi connectivity index (χ1v) is 8.54. The van der Waals surface area contributed by atoms with Crippen molar-refractivity contribution in [1.29, 1.82) is 0 Å². The highest BCUT2D eigenvalue weighted by Crippen LogP contribution is 2.28. The van der Waals surface area contributed by atoms with Crippen LogP contribution < -0.4 is 4.72 Å². The summed E-state index contributed by atoms with van der Waals surface area (Å²) in [5.41, 5.74) is 0. The van der Waals surface area contributed by atoms with Crippen LogP contribution in [0.1, 0.15) is 32.6 Å². The summed E-state index contributed by atoms with van der Waals surface area (Å²) in [6.07, 6.45) is 4.69. The minimum Gasteiger partial charge on any atom is -0.208 e. The number of nitrogens with one attached hydrogen (secondary N) is 1. The van der Waals surface area contributed by atoms with E-state index in [-0.39, 0.29) is 6.04 Å². The Bertz CT molecular complexity index is 509. The molecule has 1 atom stereocenters. The molecule has 0 saturated heterocycles. The zero-order valence-electron chi connectivity index (χ0n) is 10.4. The summed E-state index contributed by atoms with van der Waals surface area (Å²) in [4.78, 5) is 0.321. The highest BCUT2D eigenvalue weighted by atomic mass is 79.9. The lowest BCUT2D eigenvalue weighted by Gasteiger charge is -2.20. The van der Waals surface area contributed by atoms with Crippen LogP contribution in [0.4, 0.5) is 0 Å². The summed E-state index contributed by atoms with van der Waals surface area (Å²) in [5.74, 6) is 0.479. The van der Waals surface area contributed by atoms with E-state index in [1.807, 2.05) is 13.0 Å². The van der Waals surface area contributed by atoms with E-state index in [1.54, 1.807) is 18.2 Å². The molecule has 0 heterocycles. The Morgan fingerprint density at radius 3 is 2.61 bits per heavy atom. The fourth-order valence-electron chi connectivity index (χ4n) is 2.50. The Kier molecular flexibility index (Phi) is 4.45. The third-order valence-corrected chi connectivity index (χ3v) is 5.60. The molecule has 0 bridgehead atoms. The maximum absolute atomic E-state index is 12.2. The van der Waals surface area contributed by atoms with Crippen molar-refractivity contribution in [2.24, 2.45) is 5.92 Å². The molecular weight excluding hydrogens is 314 g/mol. The smallest absolute Gasteiger partial charge is 0.208 e. The Labute approximate surface area is 117 Å². The second-order valence-electron chi connectivity index (χ2n) is 4.91. The van der Waals surface area contributed by atoms with Gasteiger partial charge in [0, 0.05) is 10.5 Å². The first-order valence-electron chi connectivity index (χ1n) is 6.27. The molecule has 1 aliphatic rings. The minimum atomic E-state index is -3.40. The van der Waals surface area contributed by atoms with Crippen LogP contribution in [0.25, 0.3) is 0 Å². The number of hydrogen-bond acceptors (Lipinski definition) is 2. The predicted molar refractivity (Wildman–Crippen MR) is 75.9 cm³/mol. The van der Waals surface area contributed by atoms with Gasteiger partial charge in [0.05, 0.1) is 4.90 Å². The maximum atomic E-state index is 12.2.